The van der Waals surface area contributed by atoms with Crippen LogP contribution in [0.3, 0.4) is 0 Å². The molecule has 0 spiro atoms. The smallest absolute Gasteiger partial charge is 0.300 e. The van der Waals surface area contributed by atoms with Gasteiger partial charge < -0.3 is 9.84 Å². The van der Waals surface area contributed by atoms with Gasteiger partial charge in [0.2, 0.25) is 0 Å². The molecular weight excluding hydrogens is 410 g/mol. The molecular formula is C25H23NO4S. The zero-order chi connectivity index (χ0) is 22.3. The van der Waals surface area contributed by atoms with Gasteiger partial charge >= 0.3 is 0 Å². The second-order valence-electron chi connectivity index (χ2n) is 7.71. The Bertz CT molecular complexity index is 1190. The van der Waals surface area contributed by atoms with E-state index in [1.807, 2.05) is 56.5 Å². The molecule has 0 bridgehead atoms. The number of ether oxygens (including phenoxy) is 1. The summed E-state index contributed by atoms with van der Waals surface area (Å²) in [5.41, 5.74) is 3.98. The first-order chi connectivity index (χ1) is 14.8. The summed E-state index contributed by atoms with van der Waals surface area (Å²) < 4.78 is 5.25. The van der Waals surface area contributed by atoms with Crippen molar-refractivity contribution in [3.63, 3.8) is 0 Å². The SMILES string of the molecule is COc1ccc(/C(O)=C2/C(=O)C(=O)N(c3cc(C)cc(C)c3)C2c2cccs2)c(C)c1. The number of Topliss-reactive ketones (excluding diaryl/α,β-unsaturated/α-hetero) is 1. The van der Waals surface area contributed by atoms with Crippen LogP contribution in [0.2, 0.25) is 0 Å². The van der Waals surface area contributed by atoms with E-state index in [9.17, 15) is 14.7 Å². The highest BCUT2D eigenvalue weighted by Crippen LogP contribution is 2.44. The normalized spacial score (nSPS) is 17.9. The zero-order valence-electron chi connectivity index (χ0n) is 17.8. The molecule has 0 radical (unpaired) electrons. The number of anilines is 1. The summed E-state index contributed by atoms with van der Waals surface area (Å²) in [5, 5.41) is 13.1. The number of benzene rings is 2. The number of hydrogen-bond acceptors (Lipinski definition) is 5. The van der Waals surface area contributed by atoms with Gasteiger partial charge in [-0.05, 0) is 79.2 Å². The third-order valence-electron chi connectivity index (χ3n) is 5.43. The van der Waals surface area contributed by atoms with Crippen molar-refractivity contribution in [1.29, 1.82) is 0 Å². The van der Waals surface area contributed by atoms with E-state index in [1.54, 1.807) is 25.3 Å². The number of thiophene rings is 1. The maximum Gasteiger partial charge on any atom is 0.300 e. The van der Waals surface area contributed by atoms with Gasteiger partial charge in [0.25, 0.3) is 11.7 Å². The Morgan fingerprint density at radius 3 is 2.32 bits per heavy atom. The topological polar surface area (TPSA) is 66.8 Å². The third kappa shape index (κ3) is 3.64. The molecule has 158 valence electrons. The average molecular weight is 434 g/mol. The molecule has 3 aromatic rings. The molecule has 4 rings (SSSR count). The number of aliphatic hydroxyl groups excluding tert-OH is 1. The van der Waals surface area contributed by atoms with Crippen molar-refractivity contribution in [3.8, 4) is 5.75 Å². The second kappa shape index (κ2) is 8.04. The number of carbonyl (C=O) groups excluding carboxylic acids is 2. The third-order valence-corrected chi connectivity index (χ3v) is 6.36. The molecule has 1 aromatic heterocycles. The van der Waals surface area contributed by atoms with Gasteiger partial charge in [-0.25, -0.2) is 0 Å². The first kappa shape index (κ1) is 20.9. The van der Waals surface area contributed by atoms with Crippen LogP contribution in [0.5, 0.6) is 5.75 Å². The molecule has 2 heterocycles. The van der Waals surface area contributed by atoms with E-state index >= 15 is 0 Å². The number of aliphatic hydroxyl groups is 1. The molecule has 5 nitrogen and oxygen atoms in total. The van der Waals surface area contributed by atoms with Crippen molar-refractivity contribution < 1.29 is 19.4 Å². The highest BCUT2D eigenvalue weighted by molar-refractivity contribution is 7.10. The zero-order valence-corrected chi connectivity index (χ0v) is 18.6. The van der Waals surface area contributed by atoms with Crippen molar-refractivity contribution in [2.24, 2.45) is 0 Å². The second-order valence-corrected chi connectivity index (χ2v) is 8.69. The number of nitrogens with zero attached hydrogens (tertiary/aromatic N) is 1. The van der Waals surface area contributed by atoms with Crippen LogP contribution < -0.4 is 9.64 Å². The van der Waals surface area contributed by atoms with Crippen molar-refractivity contribution in [2.75, 3.05) is 12.0 Å². The molecule has 0 aliphatic carbocycles. The summed E-state index contributed by atoms with van der Waals surface area (Å²) in [4.78, 5) is 28.7. The van der Waals surface area contributed by atoms with Crippen molar-refractivity contribution >= 4 is 34.5 Å². The lowest BCUT2D eigenvalue weighted by atomic mass is 9.97. The highest BCUT2D eigenvalue weighted by Gasteiger charge is 2.47. The number of rotatable bonds is 4. The minimum Gasteiger partial charge on any atom is -0.507 e. The van der Waals surface area contributed by atoms with Gasteiger partial charge in [-0.3, -0.25) is 14.5 Å². The Hall–Kier alpha value is -3.38. The summed E-state index contributed by atoms with van der Waals surface area (Å²) in [6.07, 6.45) is 0. The number of aryl methyl sites for hydroxylation is 3. The molecule has 1 aliphatic rings. The summed E-state index contributed by atoms with van der Waals surface area (Å²) in [7, 11) is 1.57. The van der Waals surface area contributed by atoms with Gasteiger partial charge in [0.1, 0.15) is 17.6 Å². The van der Waals surface area contributed by atoms with Gasteiger partial charge in [-0.2, -0.15) is 0 Å². The molecule has 1 unspecified atom stereocenters. The molecule has 31 heavy (non-hydrogen) atoms. The van der Waals surface area contributed by atoms with Crippen LogP contribution in [0.25, 0.3) is 5.76 Å². The molecule has 1 N–H and O–H groups in total. The van der Waals surface area contributed by atoms with E-state index in [1.165, 1.54) is 16.2 Å². The molecule has 1 aliphatic heterocycles. The quantitative estimate of drug-likeness (QED) is 0.344. The fourth-order valence-corrected chi connectivity index (χ4v) is 4.90. The van der Waals surface area contributed by atoms with Crippen molar-refractivity contribution in [3.05, 3.63) is 86.6 Å². The van der Waals surface area contributed by atoms with Crippen LogP contribution in [0.4, 0.5) is 5.69 Å². The summed E-state index contributed by atoms with van der Waals surface area (Å²) in [6.45, 7) is 5.74. The van der Waals surface area contributed by atoms with E-state index < -0.39 is 17.7 Å². The van der Waals surface area contributed by atoms with Gasteiger partial charge in [0.05, 0.1) is 12.7 Å². The summed E-state index contributed by atoms with van der Waals surface area (Å²) in [5.74, 6) is -0.857. The maximum atomic E-state index is 13.2. The lowest BCUT2D eigenvalue weighted by Gasteiger charge is -2.25. The Morgan fingerprint density at radius 1 is 1.03 bits per heavy atom. The van der Waals surface area contributed by atoms with E-state index in [4.69, 9.17) is 4.74 Å². The molecule has 6 heteroatoms. The lowest BCUT2D eigenvalue weighted by Crippen LogP contribution is -2.29. The number of methoxy groups -OCH3 is 1. The minimum atomic E-state index is -0.692. The number of hydrogen-bond donors (Lipinski definition) is 1. The highest BCUT2D eigenvalue weighted by atomic mass is 32.1. The van der Waals surface area contributed by atoms with E-state index in [0.29, 0.717) is 17.0 Å². The van der Waals surface area contributed by atoms with Gasteiger partial charge in [0, 0.05) is 16.1 Å². The summed E-state index contributed by atoms with van der Waals surface area (Å²) in [6, 6.07) is 14.1. The van der Waals surface area contributed by atoms with Gasteiger partial charge in [0.15, 0.2) is 0 Å². The number of carbonyl (C=O) groups is 2. The van der Waals surface area contributed by atoms with Crippen LogP contribution in [-0.4, -0.2) is 23.9 Å². The number of ketones is 1. The Morgan fingerprint density at radius 2 is 1.74 bits per heavy atom. The largest absolute Gasteiger partial charge is 0.507 e. The maximum absolute atomic E-state index is 13.2. The molecule has 1 amide bonds. The van der Waals surface area contributed by atoms with Gasteiger partial charge in [-0.15, -0.1) is 11.3 Å². The van der Waals surface area contributed by atoms with Crippen LogP contribution in [0, 0.1) is 20.8 Å². The van der Waals surface area contributed by atoms with E-state index in [2.05, 4.69) is 0 Å². The predicted molar refractivity (Wildman–Crippen MR) is 123 cm³/mol. The predicted octanol–water partition coefficient (Wildman–Crippen LogP) is 5.31. The first-order valence-electron chi connectivity index (χ1n) is 9.89. The van der Waals surface area contributed by atoms with Crippen LogP contribution >= 0.6 is 11.3 Å². The first-order valence-corrected chi connectivity index (χ1v) is 10.8. The van der Waals surface area contributed by atoms with Crippen LogP contribution in [0.15, 0.2) is 59.5 Å². The monoisotopic (exact) mass is 433 g/mol. The Kier molecular flexibility index (Phi) is 5.41. The summed E-state index contributed by atoms with van der Waals surface area (Å²) >= 11 is 1.45. The lowest BCUT2D eigenvalue weighted by molar-refractivity contribution is -0.132. The Labute approximate surface area is 185 Å². The van der Waals surface area contributed by atoms with Gasteiger partial charge in [-0.1, -0.05) is 12.1 Å². The molecule has 1 saturated heterocycles. The molecule has 1 atom stereocenters. The molecule has 2 aromatic carbocycles. The van der Waals surface area contributed by atoms with Crippen LogP contribution in [-0.2, 0) is 9.59 Å². The van der Waals surface area contributed by atoms with E-state index in [0.717, 1.165) is 21.6 Å². The fourth-order valence-electron chi connectivity index (χ4n) is 4.08. The average Bonchev–Trinajstić information content (AvgIpc) is 3.34. The fraction of sp³-hybridized carbons (Fsp3) is 0.200. The standard InChI is InChI=1S/C25H23NO4S/c1-14-10-15(2)12-17(11-14)26-22(20-6-5-9-31-20)21(24(28)25(26)29)23(27)19-8-7-18(30-4)13-16(19)3/h5-13,22,27H,1-4H3/b23-21-. The minimum absolute atomic E-state index is 0.0971. The number of amides is 1. The molecule has 0 saturated carbocycles. The van der Waals surface area contributed by atoms with Crippen LogP contribution in [0.1, 0.15) is 33.2 Å². The Balaban J connectivity index is 1.94. The van der Waals surface area contributed by atoms with E-state index in [-0.39, 0.29) is 11.3 Å². The van der Waals surface area contributed by atoms with Crippen molar-refractivity contribution in [1.82, 2.24) is 0 Å². The van der Waals surface area contributed by atoms with Crippen molar-refractivity contribution in [2.45, 2.75) is 26.8 Å². The molecule has 1 fully saturated rings.